The van der Waals surface area contributed by atoms with Crippen LogP contribution in [0.4, 0.5) is 0 Å². The summed E-state index contributed by atoms with van der Waals surface area (Å²) >= 11 is -0.346. The zero-order chi connectivity index (χ0) is 10.7. The molecule has 0 unspecified atom stereocenters. The number of rotatable bonds is 5. The van der Waals surface area contributed by atoms with Gasteiger partial charge in [-0.3, -0.25) is 0 Å². The molecule has 0 amide bonds. The third-order valence-corrected chi connectivity index (χ3v) is 1.15. The van der Waals surface area contributed by atoms with Gasteiger partial charge in [0.25, 0.3) is 0 Å². The molecule has 0 saturated heterocycles. The van der Waals surface area contributed by atoms with Crippen LogP contribution in [0.5, 0.6) is 0 Å². The van der Waals surface area contributed by atoms with Gasteiger partial charge in [0.2, 0.25) is 0 Å². The normalized spacial score (nSPS) is 10.2. The van der Waals surface area contributed by atoms with Crippen molar-refractivity contribution in [1.29, 1.82) is 0 Å². The zero-order valence-corrected chi connectivity index (χ0v) is 11.3. The molecule has 0 aromatic rings. The average molecular weight is 308 g/mol. The Morgan fingerprint density at radius 3 is 1.46 bits per heavy atom. The Morgan fingerprint density at radius 1 is 1.08 bits per heavy atom. The maximum atomic E-state index is 4.85. The molecule has 0 rings (SSSR count). The van der Waals surface area contributed by atoms with Crippen LogP contribution in [0.2, 0.25) is 0 Å². The van der Waals surface area contributed by atoms with Crippen molar-refractivity contribution in [3.63, 3.8) is 0 Å². The number of hydrogen-bond acceptors (Lipinski definition) is 0. The fraction of sp³-hybridized carbons (Fsp3) is 0.400. The second-order valence-electron chi connectivity index (χ2n) is 2.73. The summed E-state index contributed by atoms with van der Waals surface area (Å²) in [5.74, 6) is 2.30. The molecule has 0 N–H and O–H groups in total. The van der Waals surface area contributed by atoms with Gasteiger partial charge < -0.3 is 0 Å². The quantitative estimate of drug-likeness (QED) is 0.521. The predicted octanol–water partition coefficient (Wildman–Crippen LogP) is 4.41. The van der Waals surface area contributed by atoms with E-state index in [1.54, 1.807) is 0 Å². The van der Waals surface area contributed by atoms with Gasteiger partial charge in [0.15, 0.2) is 0 Å². The first-order valence-electron chi connectivity index (χ1n) is 3.87. The summed E-state index contributed by atoms with van der Waals surface area (Å²) in [6.07, 6.45) is 6.45. The Labute approximate surface area is 99.4 Å². The summed E-state index contributed by atoms with van der Waals surface area (Å²) in [6.45, 7) is 11.6. The van der Waals surface area contributed by atoms with Crippen molar-refractivity contribution < 1.29 is 15.1 Å². The molecule has 13 heavy (non-hydrogen) atoms. The van der Waals surface area contributed by atoms with E-state index in [9.17, 15) is 0 Å². The van der Waals surface area contributed by atoms with Crippen molar-refractivity contribution >= 4 is 19.4 Å². The minimum absolute atomic E-state index is 0.346. The van der Waals surface area contributed by atoms with Crippen LogP contribution in [-0.2, 0) is 15.1 Å². The van der Waals surface area contributed by atoms with Crippen LogP contribution in [0.15, 0.2) is 0 Å². The fourth-order valence-corrected chi connectivity index (χ4v) is 0.659. The second-order valence-corrected chi connectivity index (χ2v) is 5.37. The van der Waals surface area contributed by atoms with Gasteiger partial charge in [-0.25, -0.2) is 0 Å². The van der Waals surface area contributed by atoms with E-state index in [1.807, 2.05) is 13.8 Å². The van der Waals surface area contributed by atoms with E-state index in [4.69, 9.17) is 19.4 Å². The average Bonchev–Trinajstić information content (AvgIpc) is 1.99. The van der Waals surface area contributed by atoms with E-state index >= 15 is 0 Å². The SMILES string of the molecule is [CH2][C](C)[CH]CC[CH][C]([CH2])C.[Cl][Ru+2][Cl]. The Bertz CT molecular complexity index is 75.0. The first kappa shape index (κ1) is 16.6. The molecule has 0 atom stereocenters. The molecule has 0 aliphatic rings. The van der Waals surface area contributed by atoms with Crippen molar-refractivity contribution in [2.75, 3.05) is 0 Å². The zero-order valence-electron chi connectivity index (χ0n) is 8.09. The van der Waals surface area contributed by atoms with Gasteiger partial charge in [0.05, 0.1) is 0 Å². The predicted molar refractivity (Wildman–Crippen MR) is 58.1 cm³/mol. The number of unbranched alkanes of at least 4 members (excludes halogenated alkanes) is 1. The van der Waals surface area contributed by atoms with Gasteiger partial charge in [0.1, 0.15) is 0 Å². The van der Waals surface area contributed by atoms with E-state index in [-0.39, 0.29) is 15.1 Å². The Balaban J connectivity index is 0. The van der Waals surface area contributed by atoms with E-state index in [1.165, 1.54) is 0 Å². The van der Waals surface area contributed by atoms with Crippen LogP contribution in [0.1, 0.15) is 26.7 Å². The summed E-state index contributed by atoms with van der Waals surface area (Å²) in [6, 6.07) is 0. The molecule has 6 radical (unpaired) electrons. The Morgan fingerprint density at radius 2 is 1.31 bits per heavy atom. The number of halogens is 2. The fourth-order valence-electron chi connectivity index (χ4n) is 0.659. The minimum atomic E-state index is -0.346. The molecule has 0 aromatic carbocycles. The van der Waals surface area contributed by atoms with E-state index in [0.717, 1.165) is 24.7 Å². The second kappa shape index (κ2) is 13.2. The molecule has 0 aromatic heterocycles. The molecule has 0 bridgehead atoms. The van der Waals surface area contributed by atoms with Gasteiger partial charge in [-0.05, 0) is 51.4 Å². The van der Waals surface area contributed by atoms with E-state index in [0.29, 0.717) is 0 Å². The molecule has 0 heterocycles. The molecule has 0 aliphatic carbocycles. The van der Waals surface area contributed by atoms with Crippen molar-refractivity contribution in [2.45, 2.75) is 26.7 Å². The Kier molecular flexibility index (Phi) is 16.9. The van der Waals surface area contributed by atoms with Crippen LogP contribution >= 0.6 is 19.4 Å². The van der Waals surface area contributed by atoms with E-state index < -0.39 is 0 Å². The van der Waals surface area contributed by atoms with Gasteiger partial charge in [0, 0.05) is 0 Å². The van der Waals surface area contributed by atoms with Crippen molar-refractivity contribution in [3.8, 4) is 0 Å². The molecular formula is C10H16Cl2Ru+2. The van der Waals surface area contributed by atoms with Crippen LogP contribution in [0, 0.1) is 38.5 Å². The van der Waals surface area contributed by atoms with Gasteiger partial charge >= 0.3 is 34.5 Å². The van der Waals surface area contributed by atoms with Crippen LogP contribution in [0.25, 0.3) is 0 Å². The molecule has 0 fully saturated rings. The first-order valence-corrected chi connectivity index (χ1v) is 8.34. The maximum absolute atomic E-state index is 4.85. The topological polar surface area (TPSA) is 0 Å². The van der Waals surface area contributed by atoms with Gasteiger partial charge in [-0.2, -0.15) is 0 Å². The summed E-state index contributed by atoms with van der Waals surface area (Å²) in [5, 5.41) is 0. The molecule has 76 valence electrons. The van der Waals surface area contributed by atoms with E-state index in [2.05, 4.69) is 26.7 Å². The summed E-state index contributed by atoms with van der Waals surface area (Å²) < 4.78 is 0. The molecule has 0 spiro atoms. The van der Waals surface area contributed by atoms with Crippen molar-refractivity contribution in [3.05, 3.63) is 38.5 Å². The number of hydrogen-bond donors (Lipinski definition) is 0. The summed E-state index contributed by atoms with van der Waals surface area (Å²) in [7, 11) is 9.71. The summed E-state index contributed by atoms with van der Waals surface area (Å²) in [5.41, 5.74) is 0. The summed E-state index contributed by atoms with van der Waals surface area (Å²) in [4.78, 5) is 0. The molecule has 0 aliphatic heterocycles. The van der Waals surface area contributed by atoms with Crippen LogP contribution in [-0.4, -0.2) is 0 Å². The Hall–Kier alpha value is 1.20. The van der Waals surface area contributed by atoms with Crippen LogP contribution < -0.4 is 0 Å². The first-order chi connectivity index (χ1) is 6.04. The molecule has 0 saturated carbocycles. The van der Waals surface area contributed by atoms with Crippen molar-refractivity contribution in [2.24, 2.45) is 0 Å². The van der Waals surface area contributed by atoms with Crippen molar-refractivity contribution in [1.82, 2.24) is 0 Å². The third-order valence-electron chi connectivity index (χ3n) is 1.15. The molecule has 0 nitrogen and oxygen atoms in total. The molecule has 3 heteroatoms. The monoisotopic (exact) mass is 308 g/mol. The standard InChI is InChI=1S/C10H16.2ClH.Ru/c1-9(2)7-5-6-8-10(3)4;;;/h7-8H,1,3,5-6H2,2,4H3;2*1H;/q;;;+4/p-2. The molecular weight excluding hydrogens is 292 g/mol. The van der Waals surface area contributed by atoms with Gasteiger partial charge in [-0.15, -0.1) is 0 Å². The van der Waals surface area contributed by atoms with Crippen LogP contribution in [0.3, 0.4) is 0 Å². The van der Waals surface area contributed by atoms with Gasteiger partial charge in [-0.1, -0.05) is 13.8 Å². The third kappa shape index (κ3) is 24.6.